The smallest absolute Gasteiger partial charge is 0.160 e. The standard InChI is InChI=1S/C14H17F2NOS/c1-14(2,10-17)7-3-4-8-19(18)11-5-6-12(15)13(16)9-11/h5-6,9H,3-4,7-8H2,1-2H3. The molecule has 1 unspecified atom stereocenters. The lowest BCUT2D eigenvalue weighted by molar-refractivity contribution is 0.432. The Kier molecular flexibility index (Phi) is 5.61. The molecular weight excluding hydrogens is 268 g/mol. The van der Waals surface area contributed by atoms with E-state index in [1.165, 1.54) is 6.07 Å². The molecule has 5 heteroatoms. The number of unbranched alkanes of at least 4 members (excludes halogenated alkanes) is 1. The molecule has 1 aromatic carbocycles. The van der Waals surface area contributed by atoms with Gasteiger partial charge in [0, 0.05) is 10.6 Å². The van der Waals surface area contributed by atoms with Gasteiger partial charge in [-0.2, -0.15) is 5.26 Å². The fraction of sp³-hybridized carbons (Fsp3) is 0.500. The molecule has 19 heavy (non-hydrogen) atoms. The topological polar surface area (TPSA) is 40.9 Å². The molecule has 0 bridgehead atoms. The van der Waals surface area contributed by atoms with E-state index in [9.17, 15) is 13.0 Å². The van der Waals surface area contributed by atoms with Crippen LogP contribution in [0.25, 0.3) is 0 Å². The molecule has 0 N–H and O–H groups in total. The Labute approximate surface area is 114 Å². The van der Waals surface area contributed by atoms with Crippen LogP contribution in [0.2, 0.25) is 0 Å². The van der Waals surface area contributed by atoms with Crippen LogP contribution in [0.5, 0.6) is 0 Å². The molecule has 0 spiro atoms. The maximum absolute atomic E-state index is 13.0. The number of nitrogens with zero attached hydrogens (tertiary/aromatic N) is 1. The Morgan fingerprint density at radius 3 is 2.53 bits per heavy atom. The lowest BCUT2D eigenvalue weighted by Crippen LogP contribution is -2.08. The van der Waals surface area contributed by atoms with Crippen molar-refractivity contribution in [1.29, 1.82) is 5.26 Å². The second kappa shape index (κ2) is 6.76. The summed E-state index contributed by atoms with van der Waals surface area (Å²) in [5, 5.41) is 8.85. The first-order valence-corrected chi connectivity index (χ1v) is 7.42. The molecule has 104 valence electrons. The van der Waals surface area contributed by atoms with Gasteiger partial charge in [0.05, 0.1) is 22.3 Å². The fourth-order valence-corrected chi connectivity index (χ4v) is 2.75. The van der Waals surface area contributed by atoms with Crippen LogP contribution < -0.4 is 0 Å². The van der Waals surface area contributed by atoms with Gasteiger partial charge in [0.2, 0.25) is 0 Å². The molecule has 0 amide bonds. The second-order valence-electron chi connectivity index (χ2n) is 5.08. The Bertz CT molecular complexity index is 509. The highest BCUT2D eigenvalue weighted by molar-refractivity contribution is 7.85. The molecule has 0 aliphatic rings. The zero-order valence-corrected chi connectivity index (χ0v) is 11.9. The lowest BCUT2D eigenvalue weighted by atomic mass is 9.89. The quantitative estimate of drug-likeness (QED) is 0.746. The van der Waals surface area contributed by atoms with Gasteiger partial charge in [0.15, 0.2) is 11.6 Å². The molecular formula is C14H17F2NOS. The van der Waals surface area contributed by atoms with E-state index in [1.54, 1.807) is 0 Å². The van der Waals surface area contributed by atoms with Crippen LogP contribution in [0.4, 0.5) is 8.78 Å². The minimum absolute atomic E-state index is 0.304. The summed E-state index contributed by atoms with van der Waals surface area (Å²) in [6, 6.07) is 5.51. The van der Waals surface area contributed by atoms with Gasteiger partial charge in [-0.3, -0.25) is 4.21 Å². The van der Waals surface area contributed by atoms with E-state index in [0.29, 0.717) is 17.1 Å². The van der Waals surface area contributed by atoms with Crippen molar-refractivity contribution in [3.05, 3.63) is 29.8 Å². The molecule has 0 aliphatic carbocycles. The van der Waals surface area contributed by atoms with Crippen LogP contribution in [0.1, 0.15) is 33.1 Å². The summed E-state index contributed by atoms with van der Waals surface area (Å²) >= 11 is 0. The highest BCUT2D eigenvalue weighted by atomic mass is 32.2. The molecule has 0 aromatic heterocycles. The van der Waals surface area contributed by atoms with Crippen molar-refractivity contribution in [2.75, 3.05) is 5.75 Å². The van der Waals surface area contributed by atoms with Crippen molar-refractivity contribution in [3.8, 4) is 6.07 Å². The first-order chi connectivity index (χ1) is 8.85. The van der Waals surface area contributed by atoms with Gasteiger partial charge in [0.1, 0.15) is 0 Å². The zero-order chi connectivity index (χ0) is 14.5. The summed E-state index contributed by atoms with van der Waals surface area (Å²) in [6.45, 7) is 3.72. The summed E-state index contributed by atoms with van der Waals surface area (Å²) in [6.07, 6.45) is 2.21. The van der Waals surface area contributed by atoms with E-state index in [4.69, 9.17) is 5.26 Å². The van der Waals surface area contributed by atoms with Gasteiger partial charge in [-0.1, -0.05) is 6.42 Å². The van der Waals surface area contributed by atoms with Gasteiger partial charge in [0.25, 0.3) is 0 Å². The van der Waals surface area contributed by atoms with Gasteiger partial charge in [-0.05, 0) is 44.9 Å². The first kappa shape index (κ1) is 15.8. The van der Waals surface area contributed by atoms with Crippen LogP contribution in [0.3, 0.4) is 0 Å². The van der Waals surface area contributed by atoms with Gasteiger partial charge in [-0.25, -0.2) is 8.78 Å². The van der Waals surface area contributed by atoms with Crippen LogP contribution in [0, 0.1) is 28.4 Å². The largest absolute Gasteiger partial charge is 0.254 e. The first-order valence-electron chi connectivity index (χ1n) is 6.10. The van der Waals surface area contributed by atoms with E-state index in [1.807, 2.05) is 13.8 Å². The third-order valence-corrected chi connectivity index (χ3v) is 4.28. The Morgan fingerprint density at radius 1 is 1.26 bits per heavy atom. The van der Waals surface area contributed by atoms with Crippen molar-refractivity contribution < 1.29 is 13.0 Å². The molecule has 0 heterocycles. The third-order valence-electron chi connectivity index (χ3n) is 2.84. The summed E-state index contributed by atoms with van der Waals surface area (Å²) in [5.41, 5.74) is -0.372. The maximum Gasteiger partial charge on any atom is 0.160 e. The van der Waals surface area contributed by atoms with Crippen LogP contribution in [-0.4, -0.2) is 9.96 Å². The molecule has 2 nitrogen and oxygen atoms in total. The molecule has 0 fully saturated rings. The highest BCUT2D eigenvalue weighted by Gasteiger charge is 2.16. The molecule has 0 aliphatic heterocycles. The third kappa shape index (κ3) is 5.07. The Balaban J connectivity index is 2.44. The molecule has 1 rings (SSSR count). The molecule has 0 saturated carbocycles. The van der Waals surface area contributed by atoms with Gasteiger partial charge in [-0.15, -0.1) is 0 Å². The van der Waals surface area contributed by atoms with Crippen molar-refractivity contribution in [2.24, 2.45) is 5.41 Å². The summed E-state index contributed by atoms with van der Waals surface area (Å²) in [7, 11) is -1.32. The average Bonchev–Trinajstić information content (AvgIpc) is 2.37. The number of halogens is 2. The van der Waals surface area contributed by atoms with E-state index in [-0.39, 0.29) is 5.41 Å². The molecule has 1 aromatic rings. The molecule has 1 atom stereocenters. The van der Waals surface area contributed by atoms with E-state index >= 15 is 0 Å². The van der Waals surface area contributed by atoms with Crippen molar-refractivity contribution in [1.82, 2.24) is 0 Å². The second-order valence-corrected chi connectivity index (χ2v) is 6.65. The number of benzene rings is 1. The minimum Gasteiger partial charge on any atom is -0.254 e. The van der Waals surface area contributed by atoms with E-state index in [0.717, 1.165) is 25.0 Å². The van der Waals surface area contributed by atoms with Crippen LogP contribution in [-0.2, 0) is 10.8 Å². The number of hydrogen-bond donors (Lipinski definition) is 0. The predicted octanol–water partition coefficient (Wildman–Crippen LogP) is 3.79. The lowest BCUT2D eigenvalue weighted by Gasteiger charge is -2.14. The predicted molar refractivity (Wildman–Crippen MR) is 70.9 cm³/mol. The molecule has 0 saturated heterocycles. The monoisotopic (exact) mass is 285 g/mol. The van der Waals surface area contributed by atoms with Crippen molar-refractivity contribution in [3.63, 3.8) is 0 Å². The molecule has 0 radical (unpaired) electrons. The normalized spacial score (nSPS) is 13.0. The van der Waals surface area contributed by atoms with Crippen molar-refractivity contribution in [2.45, 2.75) is 38.0 Å². The number of nitriles is 1. The van der Waals surface area contributed by atoms with E-state index in [2.05, 4.69) is 6.07 Å². The SMILES string of the molecule is CC(C)(C#N)CCCCS(=O)c1ccc(F)c(F)c1. The number of hydrogen-bond acceptors (Lipinski definition) is 2. The Morgan fingerprint density at radius 2 is 1.95 bits per heavy atom. The number of rotatable bonds is 6. The van der Waals surface area contributed by atoms with E-state index < -0.39 is 22.4 Å². The maximum atomic E-state index is 13.0. The average molecular weight is 285 g/mol. The minimum atomic E-state index is -1.32. The summed E-state index contributed by atoms with van der Waals surface area (Å²) in [4.78, 5) is 0.304. The fourth-order valence-electron chi connectivity index (χ4n) is 1.59. The van der Waals surface area contributed by atoms with Crippen LogP contribution in [0.15, 0.2) is 23.1 Å². The van der Waals surface area contributed by atoms with Gasteiger partial charge < -0.3 is 0 Å². The zero-order valence-electron chi connectivity index (χ0n) is 11.1. The van der Waals surface area contributed by atoms with Gasteiger partial charge >= 0.3 is 0 Å². The Hall–Kier alpha value is -1.28. The highest BCUT2D eigenvalue weighted by Crippen LogP contribution is 2.22. The van der Waals surface area contributed by atoms with Crippen molar-refractivity contribution >= 4 is 10.8 Å². The summed E-state index contributed by atoms with van der Waals surface area (Å²) < 4.78 is 37.6. The summed E-state index contributed by atoms with van der Waals surface area (Å²) in [5.74, 6) is -1.51. The van der Waals surface area contributed by atoms with Crippen LogP contribution >= 0.6 is 0 Å².